The Labute approximate surface area is 110 Å². The molecule has 1 heterocycles. The molecule has 0 aromatic carbocycles. The van der Waals surface area contributed by atoms with E-state index in [1.165, 1.54) is 24.2 Å². The SMILES string of the molecule is C#CCO[C@@H]1CCCc2oc(CCCC)cc2C1. The van der Waals surface area contributed by atoms with Crippen LogP contribution >= 0.6 is 0 Å². The second-order valence-corrected chi connectivity index (χ2v) is 5.00. The zero-order valence-corrected chi connectivity index (χ0v) is 11.2. The zero-order valence-electron chi connectivity index (χ0n) is 11.2. The molecule has 1 aromatic rings. The Morgan fingerprint density at radius 1 is 1.56 bits per heavy atom. The van der Waals surface area contributed by atoms with Crippen molar-refractivity contribution >= 4 is 0 Å². The van der Waals surface area contributed by atoms with E-state index in [1.54, 1.807) is 0 Å². The largest absolute Gasteiger partial charge is 0.466 e. The fourth-order valence-corrected chi connectivity index (χ4v) is 2.53. The molecule has 0 bridgehead atoms. The number of ether oxygens (including phenoxy) is 1. The fourth-order valence-electron chi connectivity index (χ4n) is 2.53. The second-order valence-electron chi connectivity index (χ2n) is 5.00. The summed E-state index contributed by atoms with van der Waals surface area (Å²) in [4.78, 5) is 0. The number of fused-ring (bicyclic) bond motifs is 1. The van der Waals surface area contributed by atoms with Crippen molar-refractivity contribution in [1.29, 1.82) is 0 Å². The highest BCUT2D eigenvalue weighted by Crippen LogP contribution is 2.26. The molecule has 98 valence electrons. The van der Waals surface area contributed by atoms with Gasteiger partial charge < -0.3 is 9.15 Å². The summed E-state index contributed by atoms with van der Waals surface area (Å²) < 4.78 is 11.6. The molecule has 0 radical (unpaired) electrons. The number of furan rings is 1. The molecule has 0 amide bonds. The Bertz CT molecular complexity index is 411. The lowest BCUT2D eigenvalue weighted by atomic mass is 10.1. The molecule has 0 aliphatic heterocycles. The van der Waals surface area contributed by atoms with Gasteiger partial charge in [0.25, 0.3) is 0 Å². The lowest BCUT2D eigenvalue weighted by Crippen LogP contribution is -2.15. The van der Waals surface area contributed by atoms with Crippen LogP contribution in [0, 0.1) is 12.3 Å². The van der Waals surface area contributed by atoms with Gasteiger partial charge in [-0.25, -0.2) is 0 Å². The van der Waals surface area contributed by atoms with E-state index in [1.807, 2.05) is 0 Å². The molecule has 0 fully saturated rings. The van der Waals surface area contributed by atoms with Crippen molar-refractivity contribution in [2.24, 2.45) is 0 Å². The van der Waals surface area contributed by atoms with E-state index in [4.69, 9.17) is 15.6 Å². The molecule has 1 aliphatic carbocycles. The van der Waals surface area contributed by atoms with Crippen LogP contribution in [0.15, 0.2) is 10.5 Å². The van der Waals surface area contributed by atoms with E-state index in [0.29, 0.717) is 6.61 Å². The van der Waals surface area contributed by atoms with Crippen molar-refractivity contribution in [2.45, 2.75) is 58.0 Å². The number of rotatable bonds is 5. The van der Waals surface area contributed by atoms with E-state index in [-0.39, 0.29) is 6.10 Å². The first-order valence-corrected chi connectivity index (χ1v) is 6.99. The smallest absolute Gasteiger partial charge is 0.107 e. The summed E-state index contributed by atoms with van der Waals surface area (Å²) in [6.07, 6.45) is 13.2. The van der Waals surface area contributed by atoms with Gasteiger partial charge >= 0.3 is 0 Å². The average Bonchev–Trinajstić information content (AvgIpc) is 2.66. The second kappa shape index (κ2) is 6.66. The number of aryl methyl sites for hydroxylation is 2. The fraction of sp³-hybridized carbons (Fsp3) is 0.625. The van der Waals surface area contributed by atoms with Gasteiger partial charge in [-0.1, -0.05) is 19.3 Å². The normalized spacial score (nSPS) is 19.0. The van der Waals surface area contributed by atoms with Gasteiger partial charge in [-0.2, -0.15) is 0 Å². The molecule has 18 heavy (non-hydrogen) atoms. The van der Waals surface area contributed by atoms with E-state index in [0.717, 1.165) is 37.9 Å². The molecule has 2 rings (SSSR count). The van der Waals surface area contributed by atoms with Crippen LogP contribution < -0.4 is 0 Å². The van der Waals surface area contributed by atoms with Crippen LogP contribution in [-0.2, 0) is 24.0 Å². The standard InChI is InChI=1S/C16H22O2/c1-3-5-7-15-12-13-11-14(17-10-4-2)8-6-9-16(13)18-15/h2,12,14H,3,5-11H2,1H3/t14-/m1/s1. The number of hydrogen-bond donors (Lipinski definition) is 0. The van der Waals surface area contributed by atoms with Crippen molar-refractivity contribution in [1.82, 2.24) is 0 Å². The van der Waals surface area contributed by atoms with E-state index in [9.17, 15) is 0 Å². The van der Waals surface area contributed by atoms with Gasteiger partial charge in [-0.05, 0) is 30.9 Å². The zero-order chi connectivity index (χ0) is 12.8. The van der Waals surface area contributed by atoms with Crippen molar-refractivity contribution < 1.29 is 9.15 Å². The first-order chi connectivity index (χ1) is 8.83. The number of terminal acetylenes is 1. The minimum absolute atomic E-state index is 0.263. The molecular weight excluding hydrogens is 224 g/mol. The van der Waals surface area contributed by atoms with Crippen molar-refractivity contribution in [3.8, 4) is 12.3 Å². The topological polar surface area (TPSA) is 22.4 Å². The van der Waals surface area contributed by atoms with Crippen molar-refractivity contribution in [3.05, 3.63) is 23.2 Å². The Morgan fingerprint density at radius 2 is 2.44 bits per heavy atom. The van der Waals surface area contributed by atoms with Gasteiger partial charge in [0.1, 0.15) is 18.1 Å². The number of hydrogen-bond acceptors (Lipinski definition) is 2. The molecule has 2 heteroatoms. The molecular formula is C16H22O2. The minimum Gasteiger partial charge on any atom is -0.466 e. The van der Waals surface area contributed by atoms with Crippen LogP contribution in [0.1, 0.15) is 49.7 Å². The molecule has 1 aliphatic rings. The third-order valence-corrected chi connectivity index (χ3v) is 3.50. The van der Waals surface area contributed by atoms with Gasteiger partial charge in [0, 0.05) is 19.3 Å². The van der Waals surface area contributed by atoms with Crippen LogP contribution in [0.25, 0.3) is 0 Å². The highest BCUT2D eigenvalue weighted by molar-refractivity contribution is 5.24. The maximum Gasteiger partial charge on any atom is 0.107 e. The molecule has 0 spiro atoms. The van der Waals surface area contributed by atoms with Gasteiger partial charge in [0.15, 0.2) is 0 Å². The van der Waals surface area contributed by atoms with Crippen LogP contribution in [-0.4, -0.2) is 12.7 Å². The summed E-state index contributed by atoms with van der Waals surface area (Å²) in [5, 5.41) is 0. The summed E-state index contributed by atoms with van der Waals surface area (Å²) in [6, 6.07) is 2.22. The van der Waals surface area contributed by atoms with Crippen molar-refractivity contribution in [2.75, 3.05) is 6.61 Å². The third kappa shape index (κ3) is 3.40. The minimum atomic E-state index is 0.263. The maximum absolute atomic E-state index is 5.95. The highest BCUT2D eigenvalue weighted by atomic mass is 16.5. The summed E-state index contributed by atoms with van der Waals surface area (Å²) in [5.74, 6) is 4.86. The average molecular weight is 246 g/mol. The van der Waals surface area contributed by atoms with Crippen molar-refractivity contribution in [3.63, 3.8) is 0 Å². The first kappa shape index (κ1) is 13.2. The van der Waals surface area contributed by atoms with Crippen LogP contribution in [0.5, 0.6) is 0 Å². The Hall–Kier alpha value is -1.20. The lowest BCUT2D eigenvalue weighted by Gasteiger charge is -2.12. The highest BCUT2D eigenvalue weighted by Gasteiger charge is 2.20. The first-order valence-electron chi connectivity index (χ1n) is 6.99. The van der Waals surface area contributed by atoms with E-state index < -0.39 is 0 Å². The molecule has 1 atom stereocenters. The Morgan fingerprint density at radius 3 is 3.22 bits per heavy atom. The van der Waals surface area contributed by atoms with Gasteiger partial charge in [-0.15, -0.1) is 6.42 Å². The van der Waals surface area contributed by atoms with Gasteiger partial charge in [0.2, 0.25) is 0 Å². The Kier molecular flexibility index (Phi) is 4.90. The van der Waals surface area contributed by atoms with E-state index in [2.05, 4.69) is 18.9 Å². The monoisotopic (exact) mass is 246 g/mol. The van der Waals surface area contributed by atoms with Crippen LogP contribution in [0.4, 0.5) is 0 Å². The summed E-state index contributed by atoms with van der Waals surface area (Å²) in [6.45, 7) is 2.62. The molecule has 0 N–H and O–H groups in total. The molecule has 0 unspecified atom stereocenters. The quantitative estimate of drug-likeness (QED) is 0.586. The molecule has 2 nitrogen and oxygen atoms in total. The van der Waals surface area contributed by atoms with Crippen LogP contribution in [0.2, 0.25) is 0 Å². The summed E-state index contributed by atoms with van der Waals surface area (Å²) in [5.41, 5.74) is 1.33. The predicted octanol–water partition coefficient (Wildman–Crippen LogP) is 3.52. The molecule has 0 saturated heterocycles. The summed E-state index contributed by atoms with van der Waals surface area (Å²) >= 11 is 0. The predicted molar refractivity (Wildman–Crippen MR) is 72.5 cm³/mol. The van der Waals surface area contributed by atoms with E-state index >= 15 is 0 Å². The van der Waals surface area contributed by atoms with Crippen LogP contribution in [0.3, 0.4) is 0 Å². The molecule has 1 aromatic heterocycles. The lowest BCUT2D eigenvalue weighted by molar-refractivity contribution is 0.0721. The maximum atomic E-state index is 5.95. The summed E-state index contributed by atoms with van der Waals surface area (Å²) in [7, 11) is 0. The van der Waals surface area contributed by atoms with Gasteiger partial charge in [0.05, 0.1) is 6.10 Å². The third-order valence-electron chi connectivity index (χ3n) is 3.50. The molecule has 0 saturated carbocycles. The Balaban J connectivity index is 2.01. The van der Waals surface area contributed by atoms with Gasteiger partial charge in [-0.3, -0.25) is 0 Å². The number of unbranched alkanes of at least 4 members (excludes halogenated alkanes) is 1.